The molecule has 1 N–H and O–H groups in total. The second kappa shape index (κ2) is 12.2. The van der Waals surface area contributed by atoms with Gasteiger partial charge in [-0.1, -0.05) is 36.4 Å². The Hall–Kier alpha value is -4.76. The molecule has 6 rings (SSSR count). The lowest BCUT2D eigenvalue weighted by Gasteiger charge is -2.25. The maximum Gasteiger partial charge on any atom is 0.264 e. The molecule has 6 aromatic rings. The van der Waals surface area contributed by atoms with Crippen LogP contribution in [0.2, 0.25) is 0 Å². The number of benzene rings is 3. The Balaban J connectivity index is 1.32. The molecule has 0 fully saturated rings. The molecule has 8 nitrogen and oxygen atoms in total. The molecule has 0 spiro atoms. The number of carbonyl (C=O) groups is 1. The van der Waals surface area contributed by atoms with E-state index in [0.717, 1.165) is 20.5 Å². The van der Waals surface area contributed by atoms with Crippen LogP contribution in [-0.2, 0) is 29.7 Å². The zero-order chi connectivity index (χ0) is 29.8. The van der Waals surface area contributed by atoms with Crippen molar-refractivity contribution in [3.8, 4) is 6.07 Å². The Bertz CT molecular complexity index is 2030. The summed E-state index contributed by atoms with van der Waals surface area (Å²) in [4.78, 5) is 19.0. The molecular formula is C32H25N5O3S3. The summed E-state index contributed by atoms with van der Waals surface area (Å²) >= 11 is 2.95. The average molecular weight is 624 g/mol. The van der Waals surface area contributed by atoms with Crippen LogP contribution >= 0.6 is 22.7 Å². The van der Waals surface area contributed by atoms with Gasteiger partial charge in [0.2, 0.25) is 0 Å². The second-order valence-corrected chi connectivity index (χ2v) is 13.7. The summed E-state index contributed by atoms with van der Waals surface area (Å²) in [6.45, 7) is 0.959. The highest BCUT2D eigenvalue weighted by Gasteiger charge is 2.27. The highest BCUT2D eigenvalue weighted by Crippen LogP contribution is 2.33. The molecule has 214 valence electrons. The molecule has 0 atom stereocenters. The third kappa shape index (κ3) is 6.22. The summed E-state index contributed by atoms with van der Waals surface area (Å²) < 4.78 is 32.3. The van der Waals surface area contributed by atoms with Crippen molar-refractivity contribution in [3.63, 3.8) is 0 Å². The Labute approximate surface area is 257 Å². The van der Waals surface area contributed by atoms with Gasteiger partial charge < -0.3 is 9.88 Å². The highest BCUT2D eigenvalue weighted by atomic mass is 32.2. The van der Waals surface area contributed by atoms with E-state index in [4.69, 9.17) is 5.26 Å². The van der Waals surface area contributed by atoms with Gasteiger partial charge in [-0.3, -0.25) is 9.10 Å². The Morgan fingerprint density at radius 2 is 1.81 bits per heavy atom. The molecule has 43 heavy (non-hydrogen) atoms. The molecular weight excluding hydrogens is 599 g/mol. The minimum Gasteiger partial charge on any atom is -0.346 e. The van der Waals surface area contributed by atoms with E-state index in [1.807, 2.05) is 46.3 Å². The number of hydrogen-bond donors (Lipinski definition) is 1. The first-order chi connectivity index (χ1) is 20.9. The third-order valence-corrected chi connectivity index (χ3v) is 10.7. The number of carbonyl (C=O) groups excluding carboxylic acids is 1. The van der Waals surface area contributed by atoms with Gasteiger partial charge in [-0.2, -0.15) is 5.26 Å². The number of nitriles is 1. The standard InChI is InChI=1S/C32H25N5O3S3/c33-17-23-8-10-24(11-9-23)20-36-22-34-18-27(36)21-37(43(39,40)29-6-2-1-3-7-29)26-12-13-30-25(15-26)16-31(42-30)32(38)35-19-28-5-4-14-41-28/h1-16,18,22H,19-21H2,(H,35,38). The summed E-state index contributed by atoms with van der Waals surface area (Å²) in [6, 6.07) is 28.9. The lowest BCUT2D eigenvalue weighted by atomic mass is 10.1. The number of amides is 1. The molecule has 0 aliphatic rings. The topological polar surface area (TPSA) is 108 Å². The van der Waals surface area contributed by atoms with Crippen molar-refractivity contribution in [2.45, 2.75) is 24.5 Å². The fraction of sp³-hybridized carbons (Fsp3) is 0.0938. The molecule has 0 unspecified atom stereocenters. The predicted octanol–water partition coefficient (Wildman–Crippen LogP) is 6.40. The Kier molecular flexibility index (Phi) is 8.07. The van der Waals surface area contributed by atoms with E-state index in [0.29, 0.717) is 34.9 Å². The number of rotatable bonds is 10. The number of fused-ring (bicyclic) bond motifs is 1. The zero-order valence-electron chi connectivity index (χ0n) is 22.8. The molecule has 0 aliphatic carbocycles. The van der Waals surface area contributed by atoms with Crippen LogP contribution in [0.25, 0.3) is 10.1 Å². The number of imidazole rings is 1. The van der Waals surface area contributed by atoms with Crippen LogP contribution in [0.15, 0.2) is 114 Å². The molecule has 0 radical (unpaired) electrons. The van der Waals surface area contributed by atoms with E-state index in [1.54, 1.807) is 78.5 Å². The minimum atomic E-state index is -3.96. The maximum absolute atomic E-state index is 14.1. The number of anilines is 1. The van der Waals surface area contributed by atoms with Crippen molar-refractivity contribution in [1.82, 2.24) is 14.9 Å². The van der Waals surface area contributed by atoms with Crippen LogP contribution in [0.3, 0.4) is 0 Å². The largest absolute Gasteiger partial charge is 0.346 e. The summed E-state index contributed by atoms with van der Waals surface area (Å²) in [7, 11) is -3.96. The van der Waals surface area contributed by atoms with Crippen molar-refractivity contribution in [1.29, 1.82) is 5.26 Å². The molecule has 11 heteroatoms. The Morgan fingerprint density at radius 3 is 2.56 bits per heavy atom. The minimum absolute atomic E-state index is 0.0390. The van der Waals surface area contributed by atoms with Gasteiger partial charge in [-0.15, -0.1) is 22.7 Å². The molecule has 3 aromatic carbocycles. The van der Waals surface area contributed by atoms with Gasteiger partial charge in [-0.25, -0.2) is 13.4 Å². The smallest absolute Gasteiger partial charge is 0.264 e. The molecule has 0 saturated carbocycles. The lowest BCUT2D eigenvalue weighted by molar-refractivity contribution is 0.0955. The van der Waals surface area contributed by atoms with Gasteiger partial charge in [0.25, 0.3) is 15.9 Å². The number of thiophene rings is 2. The van der Waals surface area contributed by atoms with Crippen LogP contribution in [-0.4, -0.2) is 23.9 Å². The van der Waals surface area contributed by atoms with Crippen LogP contribution in [0, 0.1) is 11.3 Å². The second-order valence-electron chi connectivity index (χ2n) is 9.74. The van der Waals surface area contributed by atoms with Crippen molar-refractivity contribution in [2.24, 2.45) is 0 Å². The summed E-state index contributed by atoms with van der Waals surface area (Å²) in [6.07, 6.45) is 3.33. The predicted molar refractivity (Wildman–Crippen MR) is 170 cm³/mol. The van der Waals surface area contributed by atoms with E-state index in [-0.39, 0.29) is 17.3 Å². The SMILES string of the molecule is N#Cc1ccc(Cn2cncc2CN(c2ccc3sc(C(=O)NCc4cccs4)cc3c2)S(=O)(=O)c2ccccc2)cc1. The van der Waals surface area contributed by atoms with E-state index in [1.165, 1.54) is 15.6 Å². The van der Waals surface area contributed by atoms with Gasteiger partial charge in [0.15, 0.2) is 0 Å². The Morgan fingerprint density at radius 1 is 1.00 bits per heavy atom. The molecule has 1 amide bonds. The van der Waals surface area contributed by atoms with Crippen molar-refractivity contribution in [2.75, 3.05) is 4.31 Å². The van der Waals surface area contributed by atoms with E-state index < -0.39 is 10.0 Å². The molecule has 3 aromatic heterocycles. The van der Waals surface area contributed by atoms with E-state index in [2.05, 4.69) is 16.4 Å². The van der Waals surface area contributed by atoms with E-state index >= 15 is 0 Å². The van der Waals surface area contributed by atoms with Crippen LogP contribution in [0.1, 0.15) is 31.4 Å². The van der Waals surface area contributed by atoms with Crippen molar-refractivity contribution < 1.29 is 13.2 Å². The maximum atomic E-state index is 14.1. The molecule has 3 heterocycles. The van der Waals surface area contributed by atoms with Crippen LogP contribution < -0.4 is 9.62 Å². The van der Waals surface area contributed by atoms with Gasteiger partial charge in [-0.05, 0) is 70.9 Å². The monoisotopic (exact) mass is 623 g/mol. The number of nitrogens with one attached hydrogen (secondary N) is 1. The summed E-state index contributed by atoms with van der Waals surface area (Å²) in [5.74, 6) is -0.170. The normalized spacial score (nSPS) is 11.3. The molecule has 0 aliphatic heterocycles. The lowest BCUT2D eigenvalue weighted by Crippen LogP contribution is -2.31. The number of nitrogens with zero attached hydrogens (tertiary/aromatic N) is 4. The van der Waals surface area contributed by atoms with Gasteiger partial charge >= 0.3 is 0 Å². The first-order valence-electron chi connectivity index (χ1n) is 13.3. The first kappa shape index (κ1) is 28.4. The average Bonchev–Trinajstić information content (AvgIpc) is 3.81. The number of hydrogen-bond acceptors (Lipinski definition) is 7. The first-order valence-corrected chi connectivity index (χ1v) is 16.4. The quantitative estimate of drug-likeness (QED) is 0.190. The summed E-state index contributed by atoms with van der Waals surface area (Å²) in [5, 5.41) is 14.8. The third-order valence-electron chi connectivity index (χ3n) is 6.89. The number of aromatic nitrogens is 2. The van der Waals surface area contributed by atoms with Crippen molar-refractivity contribution >= 4 is 54.4 Å². The highest BCUT2D eigenvalue weighted by molar-refractivity contribution is 7.92. The van der Waals surface area contributed by atoms with Gasteiger partial charge in [0.1, 0.15) is 0 Å². The fourth-order valence-corrected chi connectivity index (χ4v) is 7.70. The number of sulfonamides is 1. The van der Waals surface area contributed by atoms with E-state index in [9.17, 15) is 13.2 Å². The molecule has 0 bridgehead atoms. The summed E-state index contributed by atoms with van der Waals surface area (Å²) in [5.41, 5.74) is 2.70. The van der Waals surface area contributed by atoms with Gasteiger partial charge in [0.05, 0.1) is 52.2 Å². The zero-order valence-corrected chi connectivity index (χ0v) is 25.2. The fourth-order valence-electron chi connectivity index (χ4n) is 4.65. The van der Waals surface area contributed by atoms with Gasteiger partial charge in [0, 0.05) is 22.3 Å². The van der Waals surface area contributed by atoms with Crippen LogP contribution in [0.4, 0.5) is 5.69 Å². The van der Waals surface area contributed by atoms with Crippen molar-refractivity contribution in [3.05, 3.63) is 135 Å². The van der Waals surface area contributed by atoms with Crippen LogP contribution in [0.5, 0.6) is 0 Å². The molecule has 0 saturated heterocycles.